The lowest BCUT2D eigenvalue weighted by atomic mass is 9.83. The molecule has 1 heterocycles. The molecule has 1 aliphatic carbocycles. The van der Waals surface area contributed by atoms with Crippen molar-refractivity contribution in [3.8, 4) is 0 Å². The third kappa shape index (κ3) is 2.83. The monoisotopic (exact) mass is 286 g/mol. The Hall–Kier alpha value is -1.30. The highest BCUT2D eigenvalue weighted by Crippen LogP contribution is 2.35. The molecule has 2 unspecified atom stereocenters. The molecule has 0 amide bonds. The van der Waals surface area contributed by atoms with Crippen molar-refractivity contribution in [1.29, 1.82) is 0 Å². The van der Waals surface area contributed by atoms with E-state index in [-0.39, 0.29) is 10.9 Å². The van der Waals surface area contributed by atoms with Crippen LogP contribution in [0.2, 0.25) is 0 Å². The predicted molar refractivity (Wildman–Crippen MR) is 68.8 cm³/mol. The first-order valence-electron chi connectivity index (χ1n) is 6.37. The first-order valence-corrected chi connectivity index (χ1v) is 7.92. The lowest BCUT2D eigenvalue weighted by Gasteiger charge is -2.30. The predicted octanol–water partition coefficient (Wildman–Crippen LogP) is 2.58. The smallest absolute Gasteiger partial charge is 0.371 e. The normalized spacial score (nSPS) is 28.2. The summed E-state index contributed by atoms with van der Waals surface area (Å²) in [5, 5.41) is 8.07. The number of hydrogen-bond donors (Lipinski definition) is 1. The molecule has 1 aromatic rings. The molecule has 0 bridgehead atoms. The molecule has 106 valence electrons. The highest BCUT2D eigenvalue weighted by atomic mass is 32.2. The van der Waals surface area contributed by atoms with Gasteiger partial charge in [-0.25, -0.2) is 13.2 Å². The van der Waals surface area contributed by atoms with Gasteiger partial charge in [0.1, 0.15) is 0 Å². The van der Waals surface area contributed by atoms with Crippen LogP contribution in [0.5, 0.6) is 0 Å². The first-order chi connectivity index (χ1) is 8.80. The molecule has 0 spiro atoms. The Bertz CT molecular complexity index is 562. The van der Waals surface area contributed by atoms with Gasteiger partial charge in [0, 0.05) is 0 Å². The van der Waals surface area contributed by atoms with Gasteiger partial charge in [0.2, 0.25) is 20.7 Å². The van der Waals surface area contributed by atoms with Crippen LogP contribution in [0.3, 0.4) is 0 Å². The Kier molecular flexibility index (Phi) is 3.71. The molecule has 0 aliphatic heterocycles. The number of carboxylic acid groups (broad SMARTS) is 1. The zero-order chi connectivity index (χ0) is 14.2. The van der Waals surface area contributed by atoms with E-state index in [1.54, 1.807) is 0 Å². The second kappa shape index (κ2) is 5.00. The van der Waals surface area contributed by atoms with E-state index in [1.807, 2.05) is 13.8 Å². The van der Waals surface area contributed by atoms with Crippen LogP contribution in [0.25, 0.3) is 0 Å². The summed E-state index contributed by atoms with van der Waals surface area (Å²) in [7, 11) is -3.57. The molecule has 1 aromatic heterocycles. The fourth-order valence-corrected chi connectivity index (χ4v) is 4.83. The first kappa shape index (κ1) is 14.1. The van der Waals surface area contributed by atoms with Crippen LogP contribution in [0.1, 0.15) is 43.7 Å². The minimum absolute atomic E-state index is 0.226. The third-order valence-corrected chi connectivity index (χ3v) is 5.69. The summed E-state index contributed by atoms with van der Waals surface area (Å²) in [6.07, 6.45) is 2.25. The number of aromatic carboxylic acids is 1. The van der Waals surface area contributed by atoms with Crippen molar-refractivity contribution in [2.24, 2.45) is 11.8 Å². The fraction of sp³-hybridized carbons (Fsp3) is 0.615. The largest absolute Gasteiger partial charge is 0.475 e. The summed E-state index contributed by atoms with van der Waals surface area (Å²) in [5.41, 5.74) is 0. The standard InChI is InChI=1S/C13H18O5S/c1-8-5-9(2)7-10(6-8)19(16,17)12-4-3-11(18-12)13(14)15/h3-4,8-10H,5-7H2,1-2H3,(H,14,15). The molecule has 1 fully saturated rings. The molecule has 0 saturated heterocycles. The van der Waals surface area contributed by atoms with Crippen LogP contribution in [-0.2, 0) is 9.84 Å². The van der Waals surface area contributed by atoms with Crippen molar-refractivity contribution < 1.29 is 22.7 Å². The average molecular weight is 286 g/mol. The molecule has 1 saturated carbocycles. The zero-order valence-electron chi connectivity index (χ0n) is 11.0. The second-order valence-corrected chi connectivity index (χ2v) is 7.67. The molecule has 0 aromatic carbocycles. The Morgan fingerprint density at radius 2 is 1.79 bits per heavy atom. The SMILES string of the molecule is CC1CC(C)CC(S(=O)(=O)c2ccc(C(=O)O)o2)C1. The molecule has 1 N–H and O–H groups in total. The van der Waals surface area contributed by atoms with Crippen molar-refractivity contribution in [1.82, 2.24) is 0 Å². The van der Waals surface area contributed by atoms with Crippen LogP contribution in [0, 0.1) is 11.8 Å². The van der Waals surface area contributed by atoms with Crippen LogP contribution in [-0.4, -0.2) is 24.7 Å². The van der Waals surface area contributed by atoms with Gasteiger partial charge in [0.25, 0.3) is 0 Å². The Morgan fingerprint density at radius 1 is 1.21 bits per heavy atom. The number of carboxylic acids is 1. The van der Waals surface area contributed by atoms with Crippen molar-refractivity contribution in [2.75, 3.05) is 0 Å². The van der Waals surface area contributed by atoms with Gasteiger partial charge in [-0.15, -0.1) is 0 Å². The fourth-order valence-electron chi connectivity index (χ4n) is 2.88. The van der Waals surface area contributed by atoms with E-state index < -0.39 is 21.1 Å². The molecule has 5 nitrogen and oxygen atoms in total. The molecular formula is C13H18O5S. The van der Waals surface area contributed by atoms with Gasteiger partial charge in [-0.1, -0.05) is 13.8 Å². The maximum absolute atomic E-state index is 12.4. The van der Waals surface area contributed by atoms with Crippen LogP contribution >= 0.6 is 0 Å². The number of hydrogen-bond acceptors (Lipinski definition) is 4. The third-order valence-electron chi connectivity index (χ3n) is 3.65. The van der Waals surface area contributed by atoms with Crippen molar-refractivity contribution in [3.63, 3.8) is 0 Å². The minimum atomic E-state index is -3.57. The summed E-state index contributed by atoms with van der Waals surface area (Å²) in [6, 6.07) is 2.42. The van der Waals surface area contributed by atoms with Gasteiger partial charge in [-0.05, 0) is 43.2 Å². The lowest BCUT2D eigenvalue weighted by molar-refractivity contribution is 0.0656. The number of furan rings is 1. The van der Waals surface area contributed by atoms with Gasteiger partial charge < -0.3 is 9.52 Å². The van der Waals surface area contributed by atoms with Gasteiger partial charge in [0.05, 0.1) is 5.25 Å². The van der Waals surface area contributed by atoms with Crippen LogP contribution < -0.4 is 0 Å². The average Bonchev–Trinajstić information content (AvgIpc) is 2.77. The molecule has 1 aliphatic rings. The summed E-state index contributed by atoms with van der Waals surface area (Å²) in [5.74, 6) is -0.878. The van der Waals surface area contributed by atoms with Crippen molar-refractivity contribution in [3.05, 3.63) is 17.9 Å². The van der Waals surface area contributed by atoms with E-state index in [9.17, 15) is 13.2 Å². The van der Waals surface area contributed by atoms with Crippen LogP contribution in [0.15, 0.2) is 21.6 Å². The Labute approximate surface area is 112 Å². The summed E-state index contributed by atoms with van der Waals surface area (Å²) in [4.78, 5) is 10.7. The summed E-state index contributed by atoms with van der Waals surface area (Å²) < 4.78 is 29.8. The van der Waals surface area contributed by atoms with Crippen molar-refractivity contribution >= 4 is 15.8 Å². The lowest BCUT2D eigenvalue weighted by Crippen LogP contribution is -2.30. The van der Waals surface area contributed by atoms with E-state index in [4.69, 9.17) is 9.52 Å². The van der Waals surface area contributed by atoms with E-state index in [2.05, 4.69) is 0 Å². The minimum Gasteiger partial charge on any atom is -0.475 e. The van der Waals surface area contributed by atoms with Gasteiger partial charge in [-0.3, -0.25) is 0 Å². The zero-order valence-corrected chi connectivity index (χ0v) is 11.8. The van der Waals surface area contributed by atoms with E-state index in [0.29, 0.717) is 24.7 Å². The highest BCUT2D eigenvalue weighted by molar-refractivity contribution is 7.91. The van der Waals surface area contributed by atoms with E-state index >= 15 is 0 Å². The number of sulfone groups is 1. The number of rotatable bonds is 3. The second-order valence-electron chi connectivity index (χ2n) is 5.51. The molecule has 2 rings (SSSR count). The quantitative estimate of drug-likeness (QED) is 0.923. The van der Waals surface area contributed by atoms with E-state index in [0.717, 1.165) is 6.42 Å². The van der Waals surface area contributed by atoms with Crippen molar-refractivity contribution in [2.45, 2.75) is 43.5 Å². The van der Waals surface area contributed by atoms with Crippen LogP contribution in [0.4, 0.5) is 0 Å². The maximum Gasteiger partial charge on any atom is 0.371 e. The van der Waals surface area contributed by atoms with Gasteiger partial charge in [0.15, 0.2) is 0 Å². The topological polar surface area (TPSA) is 84.6 Å². The Balaban J connectivity index is 2.28. The van der Waals surface area contributed by atoms with Gasteiger partial charge in [-0.2, -0.15) is 0 Å². The summed E-state index contributed by atoms with van der Waals surface area (Å²) >= 11 is 0. The summed E-state index contributed by atoms with van der Waals surface area (Å²) in [6.45, 7) is 4.09. The highest BCUT2D eigenvalue weighted by Gasteiger charge is 2.36. The van der Waals surface area contributed by atoms with Gasteiger partial charge >= 0.3 is 5.97 Å². The maximum atomic E-state index is 12.4. The molecule has 2 atom stereocenters. The van der Waals surface area contributed by atoms with E-state index in [1.165, 1.54) is 12.1 Å². The molecular weight excluding hydrogens is 268 g/mol. The molecule has 19 heavy (non-hydrogen) atoms. The molecule has 0 radical (unpaired) electrons. The number of carbonyl (C=O) groups is 1. The molecule has 6 heteroatoms. The Morgan fingerprint density at radius 3 is 2.26 bits per heavy atom.